The Balaban J connectivity index is 2.47. The second-order valence-corrected chi connectivity index (χ2v) is 6.00. The van der Waals surface area contributed by atoms with Crippen LogP contribution in [0.2, 0.25) is 0 Å². The largest absolute Gasteiger partial charge is 0.378 e. The fourth-order valence-electron chi connectivity index (χ4n) is 1.55. The molecule has 0 amide bonds. The molecule has 0 aliphatic rings. The van der Waals surface area contributed by atoms with Crippen molar-refractivity contribution in [2.24, 2.45) is 7.05 Å². The summed E-state index contributed by atoms with van der Waals surface area (Å²) in [6.45, 7) is 0.486. The third kappa shape index (κ3) is 2.66. The van der Waals surface area contributed by atoms with E-state index in [1.165, 1.54) is 0 Å². The molecule has 0 saturated carbocycles. The molecule has 0 fully saturated rings. The van der Waals surface area contributed by atoms with Crippen molar-refractivity contribution in [3.05, 3.63) is 15.5 Å². The summed E-state index contributed by atoms with van der Waals surface area (Å²) >= 11 is 8.53. The number of aromatic nitrogens is 4. The molecule has 8 heteroatoms. The van der Waals surface area contributed by atoms with Gasteiger partial charge in [-0.3, -0.25) is 5.10 Å². The molecule has 1 N–H and O–H groups in total. The summed E-state index contributed by atoms with van der Waals surface area (Å²) in [4.78, 5) is 5.61. The molecule has 0 bridgehead atoms. The number of hydrogen-bond acceptors (Lipinski definition) is 6. The predicted octanol–water partition coefficient (Wildman–Crippen LogP) is 2.61. The number of methoxy groups -OCH3 is 1. The second kappa shape index (κ2) is 5.96. The van der Waals surface area contributed by atoms with Crippen molar-refractivity contribution in [3.8, 4) is 10.7 Å². The number of rotatable bonds is 5. The lowest BCUT2D eigenvalue weighted by Gasteiger charge is -2.00. The highest BCUT2D eigenvalue weighted by molar-refractivity contribution is 7.97. The Bertz CT molecular complexity index is 586. The monoisotopic (exact) mass is 302 g/mol. The molecule has 0 aliphatic heterocycles. The predicted molar refractivity (Wildman–Crippen MR) is 77.4 cm³/mol. The summed E-state index contributed by atoms with van der Waals surface area (Å²) in [5, 5.41) is 8.13. The van der Waals surface area contributed by atoms with Crippen LogP contribution in [0.3, 0.4) is 0 Å². The SMILES string of the molecule is COCc1nc(CSC)sc1-c1n[nH]c(=S)n1C. The van der Waals surface area contributed by atoms with Crippen LogP contribution in [-0.2, 0) is 24.1 Å². The fourth-order valence-corrected chi connectivity index (χ4v) is 3.47. The lowest BCUT2D eigenvalue weighted by Crippen LogP contribution is -1.96. The first-order valence-corrected chi connectivity index (χ1v) is 7.87. The zero-order valence-corrected chi connectivity index (χ0v) is 12.8. The Kier molecular flexibility index (Phi) is 4.55. The smallest absolute Gasteiger partial charge is 0.195 e. The van der Waals surface area contributed by atoms with Crippen LogP contribution in [0.5, 0.6) is 0 Å². The number of thiazole rings is 1. The van der Waals surface area contributed by atoms with Gasteiger partial charge in [-0.15, -0.1) is 11.3 Å². The zero-order chi connectivity index (χ0) is 13.1. The maximum atomic E-state index is 5.19. The van der Waals surface area contributed by atoms with Gasteiger partial charge < -0.3 is 9.30 Å². The minimum Gasteiger partial charge on any atom is -0.378 e. The Morgan fingerprint density at radius 1 is 1.56 bits per heavy atom. The molecule has 0 unspecified atom stereocenters. The lowest BCUT2D eigenvalue weighted by atomic mass is 10.3. The van der Waals surface area contributed by atoms with Gasteiger partial charge in [-0.2, -0.15) is 16.9 Å². The molecule has 0 atom stereocenters. The van der Waals surface area contributed by atoms with Crippen LogP contribution < -0.4 is 0 Å². The Morgan fingerprint density at radius 3 is 2.89 bits per heavy atom. The second-order valence-electron chi connectivity index (χ2n) is 3.66. The first-order valence-electron chi connectivity index (χ1n) is 5.25. The van der Waals surface area contributed by atoms with E-state index in [4.69, 9.17) is 17.0 Å². The molecule has 2 aromatic rings. The molecule has 0 spiro atoms. The molecular weight excluding hydrogens is 288 g/mol. The van der Waals surface area contributed by atoms with Crippen LogP contribution in [-0.4, -0.2) is 33.1 Å². The van der Waals surface area contributed by atoms with Crippen molar-refractivity contribution in [3.63, 3.8) is 0 Å². The van der Waals surface area contributed by atoms with E-state index in [0.717, 1.165) is 27.2 Å². The number of H-pyrrole nitrogens is 1. The van der Waals surface area contributed by atoms with Gasteiger partial charge in [0.05, 0.1) is 17.2 Å². The fraction of sp³-hybridized carbons (Fsp3) is 0.500. The molecule has 2 rings (SSSR count). The molecule has 0 aromatic carbocycles. The highest BCUT2D eigenvalue weighted by Gasteiger charge is 2.17. The van der Waals surface area contributed by atoms with Crippen LogP contribution in [0.25, 0.3) is 10.7 Å². The van der Waals surface area contributed by atoms with E-state index in [-0.39, 0.29) is 0 Å². The van der Waals surface area contributed by atoms with E-state index < -0.39 is 0 Å². The number of ether oxygens (including phenoxy) is 1. The average molecular weight is 302 g/mol. The summed E-state index contributed by atoms with van der Waals surface area (Å²) in [6.07, 6.45) is 2.06. The standard InChI is InChI=1S/C10H14N4OS3/c1-14-9(12-13-10(14)16)8-6(4-15-2)11-7(18-8)5-17-3/h4-5H2,1-3H3,(H,13,16). The minimum absolute atomic E-state index is 0.486. The van der Waals surface area contributed by atoms with Gasteiger partial charge in [0.15, 0.2) is 10.6 Å². The maximum absolute atomic E-state index is 5.19. The van der Waals surface area contributed by atoms with Crippen molar-refractivity contribution in [1.82, 2.24) is 19.7 Å². The third-order valence-corrected chi connectivity index (χ3v) is 4.58. The number of hydrogen-bond donors (Lipinski definition) is 1. The van der Waals surface area contributed by atoms with E-state index >= 15 is 0 Å². The van der Waals surface area contributed by atoms with Crippen LogP contribution in [0.15, 0.2) is 0 Å². The molecule has 0 aliphatic carbocycles. The Morgan fingerprint density at radius 2 is 2.33 bits per heavy atom. The van der Waals surface area contributed by atoms with E-state index in [1.54, 1.807) is 30.2 Å². The summed E-state index contributed by atoms with van der Waals surface area (Å²) in [6, 6.07) is 0. The van der Waals surface area contributed by atoms with Crippen molar-refractivity contribution < 1.29 is 4.74 Å². The molecule has 98 valence electrons. The Hall–Kier alpha value is -0.700. The van der Waals surface area contributed by atoms with E-state index in [2.05, 4.69) is 21.4 Å². The van der Waals surface area contributed by atoms with Gasteiger partial charge in [0, 0.05) is 19.9 Å². The maximum Gasteiger partial charge on any atom is 0.195 e. The molecule has 5 nitrogen and oxygen atoms in total. The van der Waals surface area contributed by atoms with Crippen LogP contribution in [0.4, 0.5) is 0 Å². The average Bonchev–Trinajstić information content (AvgIpc) is 2.86. The number of thioether (sulfide) groups is 1. The summed E-state index contributed by atoms with van der Waals surface area (Å²) < 4.78 is 7.65. The van der Waals surface area contributed by atoms with Gasteiger partial charge in [-0.05, 0) is 18.5 Å². The van der Waals surface area contributed by atoms with Crippen molar-refractivity contribution >= 4 is 35.3 Å². The first-order chi connectivity index (χ1) is 8.67. The van der Waals surface area contributed by atoms with Gasteiger partial charge in [0.1, 0.15) is 5.01 Å². The minimum atomic E-state index is 0.486. The molecule has 18 heavy (non-hydrogen) atoms. The Labute approximate surface area is 119 Å². The highest BCUT2D eigenvalue weighted by atomic mass is 32.2. The molecule has 2 heterocycles. The van der Waals surface area contributed by atoms with Crippen molar-refractivity contribution in [2.45, 2.75) is 12.4 Å². The van der Waals surface area contributed by atoms with Crippen LogP contribution in [0.1, 0.15) is 10.7 Å². The zero-order valence-electron chi connectivity index (χ0n) is 10.4. The van der Waals surface area contributed by atoms with Gasteiger partial charge in [0.25, 0.3) is 0 Å². The van der Waals surface area contributed by atoms with Crippen molar-refractivity contribution in [1.29, 1.82) is 0 Å². The molecule has 2 aromatic heterocycles. The number of nitrogens with zero attached hydrogens (tertiary/aromatic N) is 3. The molecule has 0 saturated heterocycles. The van der Waals surface area contributed by atoms with Crippen LogP contribution >= 0.6 is 35.3 Å². The van der Waals surface area contributed by atoms with Gasteiger partial charge in [0.2, 0.25) is 0 Å². The van der Waals surface area contributed by atoms with E-state index in [1.807, 2.05) is 11.6 Å². The first kappa shape index (κ1) is 13.7. The van der Waals surface area contributed by atoms with Crippen molar-refractivity contribution in [2.75, 3.05) is 13.4 Å². The lowest BCUT2D eigenvalue weighted by molar-refractivity contribution is 0.182. The van der Waals surface area contributed by atoms with Gasteiger partial charge in [-0.1, -0.05) is 0 Å². The quantitative estimate of drug-likeness (QED) is 0.860. The van der Waals surface area contributed by atoms with Gasteiger partial charge in [-0.25, -0.2) is 4.98 Å². The normalized spacial score (nSPS) is 11.1. The number of aromatic amines is 1. The van der Waals surface area contributed by atoms with Crippen LogP contribution in [0, 0.1) is 4.77 Å². The number of nitrogens with one attached hydrogen (secondary N) is 1. The van der Waals surface area contributed by atoms with E-state index in [0.29, 0.717) is 11.4 Å². The summed E-state index contributed by atoms with van der Waals surface area (Å²) in [7, 11) is 3.56. The third-order valence-electron chi connectivity index (χ3n) is 2.37. The van der Waals surface area contributed by atoms with Gasteiger partial charge >= 0.3 is 0 Å². The van der Waals surface area contributed by atoms with E-state index in [9.17, 15) is 0 Å². The summed E-state index contributed by atoms with van der Waals surface area (Å²) in [5.74, 6) is 1.72. The summed E-state index contributed by atoms with van der Waals surface area (Å²) in [5.41, 5.74) is 0.920. The highest BCUT2D eigenvalue weighted by Crippen LogP contribution is 2.30. The molecular formula is C10H14N4OS3. The molecule has 0 radical (unpaired) electrons. The topological polar surface area (TPSA) is 55.7 Å².